The van der Waals surface area contributed by atoms with E-state index in [0.717, 1.165) is 41.3 Å². The first kappa shape index (κ1) is 12.9. The standard InChI is InChI=1S/C13H16N4S/c1-2-17-12-6-8-15-10-11(12)16-13(17)18-9-5-3-4-7-14/h6,8,10H,2-5,9H2,1H3. The van der Waals surface area contributed by atoms with E-state index in [1.54, 1.807) is 24.2 Å². The van der Waals surface area contributed by atoms with Crippen LogP contribution in [0, 0.1) is 11.3 Å². The number of nitrogens with zero attached hydrogens (tertiary/aromatic N) is 4. The molecule has 2 aromatic heterocycles. The Kier molecular flexibility index (Phi) is 4.59. The van der Waals surface area contributed by atoms with Gasteiger partial charge in [0, 0.05) is 24.9 Å². The van der Waals surface area contributed by atoms with Gasteiger partial charge in [0.1, 0.15) is 5.52 Å². The molecule has 0 atom stereocenters. The molecule has 2 heterocycles. The van der Waals surface area contributed by atoms with Gasteiger partial charge in [-0.2, -0.15) is 5.26 Å². The van der Waals surface area contributed by atoms with Gasteiger partial charge in [0.15, 0.2) is 5.16 Å². The van der Waals surface area contributed by atoms with E-state index < -0.39 is 0 Å². The predicted molar refractivity (Wildman–Crippen MR) is 73.4 cm³/mol. The van der Waals surface area contributed by atoms with E-state index in [1.807, 2.05) is 6.07 Å². The number of nitriles is 1. The number of thioether (sulfide) groups is 1. The molecule has 5 heteroatoms. The van der Waals surface area contributed by atoms with E-state index >= 15 is 0 Å². The largest absolute Gasteiger partial charge is 0.319 e. The summed E-state index contributed by atoms with van der Waals surface area (Å²) in [7, 11) is 0. The maximum atomic E-state index is 8.48. The van der Waals surface area contributed by atoms with E-state index in [4.69, 9.17) is 5.26 Å². The third-order valence-corrected chi connectivity index (χ3v) is 3.81. The molecule has 0 amide bonds. The van der Waals surface area contributed by atoms with Crippen molar-refractivity contribution in [3.05, 3.63) is 18.5 Å². The number of aromatic nitrogens is 3. The fourth-order valence-corrected chi connectivity index (χ4v) is 2.92. The van der Waals surface area contributed by atoms with E-state index in [-0.39, 0.29) is 0 Å². The Hall–Kier alpha value is -1.54. The Balaban J connectivity index is 2.06. The van der Waals surface area contributed by atoms with Gasteiger partial charge in [0.2, 0.25) is 0 Å². The summed E-state index contributed by atoms with van der Waals surface area (Å²) in [6.07, 6.45) is 6.29. The second-order valence-corrected chi connectivity index (χ2v) is 5.03. The molecule has 0 unspecified atom stereocenters. The minimum atomic E-state index is 0.647. The van der Waals surface area contributed by atoms with Gasteiger partial charge in [0.25, 0.3) is 0 Å². The highest BCUT2D eigenvalue weighted by Gasteiger charge is 2.09. The highest BCUT2D eigenvalue weighted by atomic mass is 32.2. The van der Waals surface area contributed by atoms with Crippen LogP contribution in [0.5, 0.6) is 0 Å². The number of rotatable bonds is 6. The van der Waals surface area contributed by atoms with Crippen LogP contribution in [-0.2, 0) is 6.54 Å². The first-order valence-electron chi connectivity index (χ1n) is 6.16. The molecule has 0 aliphatic heterocycles. The first-order valence-corrected chi connectivity index (χ1v) is 7.15. The molecule has 0 spiro atoms. The minimum absolute atomic E-state index is 0.647. The minimum Gasteiger partial charge on any atom is -0.319 e. The van der Waals surface area contributed by atoms with Crippen molar-refractivity contribution in [2.45, 2.75) is 37.9 Å². The fourth-order valence-electron chi connectivity index (χ4n) is 1.84. The van der Waals surface area contributed by atoms with Gasteiger partial charge >= 0.3 is 0 Å². The lowest BCUT2D eigenvalue weighted by Gasteiger charge is -2.04. The average Bonchev–Trinajstić information content (AvgIpc) is 2.76. The number of fused-ring (bicyclic) bond motifs is 1. The first-order chi connectivity index (χ1) is 8.86. The van der Waals surface area contributed by atoms with Crippen LogP contribution in [0.25, 0.3) is 11.0 Å². The van der Waals surface area contributed by atoms with Gasteiger partial charge in [0.05, 0.1) is 17.8 Å². The van der Waals surface area contributed by atoms with Gasteiger partial charge in [-0.3, -0.25) is 4.98 Å². The van der Waals surface area contributed by atoms with E-state index in [2.05, 4.69) is 27.5 Å². The van der Waals surface area contributed by atoms with Gasteiger partial charge < -0.3 is 4.57 Å². The number of aryl methyl sites for hydroxylation is 1. The van der Waals surface area contributed by atoms with Gasteiger partial charge in [-0.05, 0) is 25.8 Å². The van der Waals surface area contributed by atoms with Gasteiger partial charge in [-0.15, -0.1) is 0 Å². The molecular weight excluding hydrogens is 244 g/mol. The highest BCUT2D eigenvalue weighted by Crippen LogP contribution is 2.24. The second-order valence-electron chi connectivity index (χ2n) is 3.97. The normalized spacial score (nSPS) is 10.7. The van der Waals surface area contributed by atoms with E-state index in [9.17, 15) is 0 Å². The third-order valence-electron chi connectivity index (χ3n) is 2.75. The lowest BCUT2D eigenvalue weighted by Crippen LogP contribution is -1.96. The maximum Gasteiger partial charge on any atom is 0.169 e. The summed E-state index contributed by atoms with van der Waals surface area (Å²) in [4.78, 5) is 8.70. The lowest BCUT2D eigenvalue weighted by molar-refractivity contribution is 0.701. The zero-order chi connectivity index (χ0) is 12.8. The Morgan fingerprint density at radius 3 is 3.11 bits per heavy atom. The van der Waals surface area contributed by atoms with Crippen LogP contribution in [0.4, 0.5) is 0 Å². The summed E-state index contributed by atoms with van der Waals surface area (Å²) in [6, 6.07) is 4.18. The number of hydrogen-bond donors (Lipinski definition) is 0. The van der Waals surface area contributed by atoms with E-state index in [1.165, 1.54) is 0 Å². The Labute approximate surface area is 111 Å². The molecule has 0 saturated carbocycles. The molecule has 94 valence electrons. The summed E-state index contributed by atoms with van der Waals surface area (Å²) < 4.78 is 2.21. The molecule has 0 aliphatic rings. The quantitative estimate of drug-likeness (QED) is 0.591. The van der Waals surface area contributed by atoms with Crippen LogP contribution in [0.3, 0.4) is 0 Å². The zero-order valence-electron chi connectivity index (χ0n) is 10.5. The van der Waals surface area contributed by atoms with Crippen molar-refractivity contribution in [2.75, 3.05) is 5.75 Å². The summed E-state index contributed by atoms with van der Waals surface area (Å²) in [5, 5.41) is 9.53. The van der Waals surface area contributed by atoms with Crippen LogP contribution in [0.2, 0.25) is 0 Å². The average molecular weight is 260 g/mol. The van der Waals surface area contributed by atoms with Crippen molar-refractivity contribution >= 4 is 22.8 Å². The molecule has 2 rings (SSSR count). The molecule has 2 aromatic rings. The molecule has 4 nitrogen and oxygen atoms in total. The van der Waals surface area contributed by atoms with Crippen molar-refractivity contribution in [1.29, 1.82) is 5.26 Å². The van der Waals surface area contributed by atoms with Crippen molar-refractivity contribution in [3.8, 4) is 6.07 Å². The number of pyridine rings is 1. The number of hydrogen-bond acceptors (Lipinski definition) is 4. The molecule has 0 bridgehead atoms. The molecule has 0 aliphatic carbocycles. The topological polar surface area (TPSA) is 54.5 Å². The monoisotopic (exact) mass is 260 g/mol. The fraction of sp³-hybridized carbons (Fsp3) is 0.462. The molecule has 0 aromatic carbocycles. The van der Waals surface area contributed by atoms with Crippen LogP contribution in [-0.4, -0.2) is 20.3 Å². The zero-order valence-corrected chi connectivity index (χ0v) is 11.3. The van der Waals surface area contributed by atoms with Crippen molar-refractivity contribution in [1.82, 2.24) is 14.5 Å². The third kappa shape index (κ3) is 2.82. The van der Waals surface area contributed by atoms with E-state index in [0.29, 0.717) is 6.42 Å². The van der Waals surface area contributed by atoms with Gasteiger partial charge in [-0.1, -0.05) is 11.8 Å². The maximum absolute atomic E-state index is 8.48. The number of unbranched alkanes of at least 4 members (excludes halogenated alkanes) is 2. The van der Waals surface area contributed by atoms with Crippen molar-refractivity contribution < 1.29 is 0 Å². The van der Waals surface area contributed by atoms with Crippen LogP contribution in [0.1, 0.15) is 26.2 Å². The highest BCUT2D eigenvalue weighted by molar-refractivity contribution is 7.99. The van der Waals surface area contributed by atoms with Crippen molar-refractivity contribution in [2.24, 2.45) is 0 Å². The molecule has 0 N–H and O–H groups in total. The summed E-state index contributed by atoms with van der Waals surface area (Å²) in [6.45, 7) is 3.04. The smallest absolute Gasteiger partial charge is 0.169 e. The summed E-state index contributed by atoms with van der Waals surface area (Å²) in [5.74, 6) is 1.01. The Morgan fingerprint density at radius 2 is 2.33 bits per heavy atom. The van der Waals surface area contributed by atoms with Crippen LogP contribution in [0.15, 0.2) is 23.6 Å². The summed E-state index contributed by atoms with van der Waals surface area (Å²) in [5.41, 5.74) is 2.10. The SMILES string of the molecule is CCn1c(SCCCCC#N)nc2cnccc21. The molecule has 0 radical (unpaired) electrons. The van der Waals surface area contributed by atoms with Gasteiger partial charge in [-0.25, -0.2) is 4.98 Å². The second kappa shape index (κ2) is 6.41. The predicted octanol–water partition coefficient (Wildman–Crippen LogP) is 3.24. The molecule has 0 fully saturated rings. The lowest BCUT2D eigenvalue weighted by atomic mass is 10.3. The van der Waals surface area contributed by atoms with Crippen LogP contribution >= 0.6 is 11.8 Å². The Bertz CT molecular complexity index is 556. The van der Waals surface area contributed by atoms with Crippen LogP contribution < -0.4 is 0 Å². The Morgan fingerprint density at radius 1 is 1.44 bits per heavy atom. The summed E-state index contributed by atoms with van der Waals surface area (Å²) >= 11 is 1.76. The molecule has 18 heavy (non-hydrogen) atoms. The number of imidazole rings is 1. The molecular formula is C13H16N4S. The molecule has 0 saturated heterocycles. The van der Waals surface area contributed by atoms with Crippen molar-refractivity contribution in [3.63, 3.8) is 0 Å².